The van der Waals surface area contributed by atoms with Crippen LogP contribution in [0.15, 0.2) is 0 Å². The summed E-state index contributed by atoms with van der Waals surface area (Å²) in [5.74, 6) is 1.00. The second-order valence-electron chi connectivity index (χ2n) is 6.76. The smallest absolute Gasteiger partial charge is 0.0103 e. The molecule has 0 radical (unpaired) electrons. The van der Waals surface area contributed by atoms with Gasteiger partial charge in [-0.15, -0.1) is 0 Å². The van der Waals surface area contributed by atoms with E-state index in [0.29, 0.717) is 5.04 Å². The molecule has 17 heavy (non-hydrogen) atoms. The van der Waals surface area contributed by atoms with Gasteiger partial charge < -0.3 is 0 Å². The van der Waals surface area contributed by atoms with Crippen LogP contribution in [0.5, 0.6) is 0 Å². The quantitative estimate of drug-likeness (QED) is 0.356. The van der Waals surface area contributed by atoms with Crippen molar-refractivity contribution >= 4 is 10.2 Å². The molecule has 0 nitrogen and oxygen atoms in total. The molecule has 0 heterocycles. The van der Waals surface area contributed by atoms with E-state index in [9.17, 15) is 0 Å². The largest absolute Gasteiger partial charge is 0.0654 e. The van der Waals surface area contributed by atoms with Crippen LogP contribution in [0.25, 0.3) is 0 Å². The Morgan fingerprint density at radius 3 is 1.47 bits per heavy atom. The van der Waals surface area contributed by atoms with Gasteiger partial charge in [-0.2, -0.15) is 0 Å². The van der Waals surface area contributed by atoms with E-state index in [4.69, 9.17) is 0 Å². The fourth-order valence-corrected chi connectivity index (χ4v) is 3.22. The van der Waals surface area contributed by atoms with Gasteiger partial charge in [-0.25, -0.2) is 0 Å². The van der Waals surface area contributed by atoms with Gasteiger partial charge in [-0.1, -0.05) is 91.9 Å². The predicted molar refractivity (Wildman–Crippen MR) is 85.0 cm³/mol. The summed E-state index contributed by atoms with van der Waals surface area (Å²) in [5.41, 5.74) is 0. The Bertz CT molecular complexity index is 145. The molecule has 0 unspecified atom stereocenters. The van der Waals surface area contributed by atoms with Gasteiger partial charge >= 0.3 is 0 Å². The Morgan fingerprint density at radius 2 is 1.18 bits per heavy atom. The van der Waals surface area contributed by atoms with E-state index in [1.807, 2.05) is 0 Å². The fraction of sp³-hybridized carbons (Fsp3) is 1.00. The summed E-state index contributed by atoms with van der Waals surface area (Å²) in [5, 5.41) is 0.651. The summed E-state index contributed by atoms with van der Waals surface area (Å²) in [6.07, 6.45) is 14.4. The Hall–Kier alpha value is 0.217. The van der Waals surface area contributed by atoms with Gasteiger partial charge in [-0.05, 0) is 11.0 Å². The number of hydrogen-bond donors (Lipinski definition) is 0. The molecule has 0 spiro atoms. The maximum absolute atomic E-state index is 2.49. The van der Waals surface area contributed by atoms with Crippen molar-refractivity contribution in [3.63, 3.8) is 0 Å². The van der Waals surface area contributed by atoms with Crippen LogP contribution in [0.4, 0.5) is 0 Å². The Balaban J connectivity index is 3.81. The van der Waals surface area contributed by atoms with Gasteiger partial charge in [0.1, 0.15) is 0 Å². The molecule has 0 rings (SSSR count). The Labute approximate surface area is 113 Å². The first kappa shape index (κ1) is 17.2. The minimum absolute atomic E-state index is 0.651. The second kappa shape index (κ2) is 10.2. The first-order chi connectivity index (χ1) is 8.02. The monoisotopic (exact) mass is 256 g/mol. The van der Waals surface area contributed by atoms with Crippen molar-refractivity contribution in [1.29, 1.82) is 0 Å². The average Bonchev–Trinajstić information content (AvgIpc) is 2.25. The molecule has 0 aliphatic heterocycles. The lowest BCUT2D eigenvalue weighted by molar-refractivity contribution is 0.328. The first-order valence-corrected chi connectivity index (χ1v) is 9.02. The van der Waals surface area contributed by atoms with Crippen LogP contribution in [0.1, 0.15) is 91.9 Å². The van der Waals surface area contributed by atoms with E-state index in [0.717, 1.165) is 5.92 Å². The highest BCUT2D eigenvalue weighted by Crippen LogP contribution is 2.38. The van der Waals surface area contributed by atoms with Gasteiger partial charge in [0.05, 0.1) is 0 Å². The summed E-state index contributed by atoms with van der Waals surface area (Å²) in [4.78, 5) is 0. The van der Waals surface area contributed by atoms with Crippen LogP contribution in [0, 0.1) is 5.92 Å². The molecular formula is C16H36Si. The normalized spacial score (nSPS) is 12.5. The number of hydrogen-bond acceptors (Lipinski definition) is 0. The van der Waals surface area contributed by atoms with E-state index in [1.54, 1.807) is 0 Å². The molecule has 0 aromatic rings. The van der Waals surface area contributed by atoms with E-state index in [2.05, 4.69) is 27.7 Å². The molecule has 0 aliphatic rings. The van der Waals surface area contributed by atoms with Crippen LogP contribution in [0.2, 0.25) is 5.04 Å². The summed E-state index contributed by atoms with van der Waals surface area (Å²) in [7, 11) is 1.35. The Morgan fingerprint density at radius 1 is 0.765 bits per heavy atom. The third-order valence-corrected chi connectivity index (χ3v) is 4.85. The molecule has 0 N–H and O–H groups in total. The highest BCUT2D eigenvalue weighted by atomic mass is 28.1. The molecular weight excluding hydrogens is 220 g/mol. The van der Waals surface area contributed by atoms with Gasteiger partial charge in [0.2, 0.25) is 0 Å². The summed E-state index contributed by atoms with van der Waals surface area (Å²) >= 11 is 0. The number of rotatable bonds is 11. The molecule has 0 amide bonds. The van der Waals surface area contributed by atoms with Crippen LogP contribution < -0.4 is 0 Å². The van der Waals surface area contributed by atoms with E-state index < -0.39 is 0 Å². The van der Waals surface area contributed by atoms with E-state index in [1.165, 1.54) is 74.5 Å². The van der Waals surface area contributed by atoms with Crippen molar-refractivity contribution in [3.05, 3.63) is 0 Å². The molecule has 0 aromatic heterocycles. The molecule has 0 saturated carbocycles. The molecule has 0 atom stereocenters. The molecule has 0 saturated heterocycles. The topological polar surface area (TPSA) is 0 Å². The van der Waals surface area contributed by atoms with Gasteiger partial charge in [0.25, 0.3) is 0 Å². The van der Waals surface area contributed by atoms with E-state index in [-0.39, 0.29) is 0 Å². The van der Waals surface area contributed by atoms with Crippen molar-refractivity contribution in [2.24, 2.45) is 5.92 Å². The lowest BCUT2D eigenvalue weighted by Gasteiger charge is -2.31. The predicted octanol–water partition coefficient (Wildman–Crippen LogP) is 5.11. The molecule has 0 fully saturated rings. The third-order valence-electron chi connectivity index (χ3n) is 4.04. The molecule has 0 aliphatic carbocycles. The fourth-order valence-electron chi connectivity index (χ4n) is 2.65. The zero-order chi connectivity index (χ0) is 13.1. The standard InChI is InChI=1S/C16H36Si/c1-5-7-9-11-13-15(16(3,4)17)14-12-10-8-6-2/h15H,5-14H2,1-4,17H3. The SMILES string of the molecule is CCCCCCC(CCCCCC)C(C)(C)[SiH3]. The maximum Gasteiger partial charge on any atom is 0.0103 e. The van der Waals surface area contributed by atoms with Crippen LogP contribution >= 0.6 is 0 Å². The lowest BCUT2D eigenvalue weighted by Crippen LogP contribution is -2.17. The Kier molecular flexibility index (Phi) is 10.3. The maximum atomic E-state index is 2.49. The van der Waals surface area contributed by atoms with E-state index >= 15 is 0 Å². The third kappa shape index (κ3) is 9.88. The number of unbranched alkanes of at least 4 members (excludes halogenated alkanes) is 6. The summed E-state index contributed by atoms with van der Waals surface area (Å²) in [6.45, 7) is 9.59. The van der Waals surface area contributed by atoms with Crippen molar-refractivity contribution in [3.8, 4) is 0 Å². The zero-order valence-corrected chi connectivity index (χ0v) is 15.1. The van der Waals surface area contributed by atoms with Gasteiger partial charge in [0, 0.05) is 10.2 Å². The van der Waals surface area contributed by atoms with Crippen LogP contribution in [-0.4, -0.2) is 10.2 Å². The first-order valence-electron chi connectivity index (χ1n) is 8.02. The van der Waals surface area contributed by atoms with Crippen molar-refractivity contribution in [2.45, 2.75) is 96.9 Å². The summed E-state index contributed by atoms with van der Waals surface area (Å²) < 4.78 is 0. The van der Waals surface area contributed by atoms with Gasteiger partial charge in [0.15, 0.2) is 0 Å². The minimum atomic E-state index is 0.651. The average molecular weight is 257 g/mol. The lowest BCUT2D eigenvalue weighted by atomic mass is 9.84. The van der Waals surface area contributed by atoms with Crippen molar-refractivity contribution < 1.29 is 0 Å². The van der Waals surface area contributed by atoms with Crippen LogP contribution in [-0.2, 0) is 0 Å². The van der Waals surface area contributed by atoms with Crippen molar-refractivity contribution in [1.82, 2.24) is 0 Å². The molecule has 0 aromatic carbocycles. The molecule has 0 bridgehead atoms. The highest BCUT2D eigenvalue weighted by molar-refractivity contribution is 6.14. The molecule has 104 valence electrons. The van der Waals surface area contributed by atoms with Crippen LogP contribution in [0.3, 0.4) is 0 Å². The molecule has 1 heteroatoms. The minimum Gasteiger partial charge on any atom is -0.0654 e. The second-order valence-corrected chi connectivity index (χ2v) is 9.34. The zero-order valence-electron chi connectivity index (χ0n) is 13.1. The van der Waals surface area contributed by atoms with Gasteiger partial charge in [-0.3, -0.25) is 0 Å². The summed E-state index contributed by atoms with van der Waals surface area (Å²) in [6, 6.07) is 0. The van der Waals surface area contributed by atoms with Crippen molar-refractivity contribution in [2.75, 3.05) is 0 Å². The highest BCUT2D eigenvalue weighted by Gasteiger charge is 2.23.